The van der Waals surface area contributed by atoms with E-state index < -0.39 is 0 Å². The largest absolute Gasteiger partial charge is 0.325 e. The quantitative estimate of drug-likeness (QED) is 0.717. The second-order valence-corrected chi connectivity index (χ2v) is 5.45. The van der Waals surface area contributed by atoms with Crippen LogP contribution in [0.3, 0.4) is 0 Å². The normalized spacial score (nSPS) is 13.6. The molecule has 22 heavy (non-hydrogen) atoms. The van der Waals surface area contributed by atoms with Gasteiger partial charge in [-0.15, -0.1) is 0 Å². The lowest BCUT2D eigenvalue weighted by atomic mass is 10.1. The number of aromatic nitrogens is 3. The molecular weight excluding hydrogens is 280 g/mol. The van der Waals surface area contributed by atoms with E-state index in [0.717, 1.165) is 12.1 Å². The molecule has 2 aromatic heterocycles. The van der Waals surface area contributed by atoms with Crippen LogP contribution in [-0.2, 0) is 6.42 Å². The Morgan fingerprint density at radius 1 is 1.23 bits per heavy atom. The number of carbonyl (C=O) groups is 1. The van der Waals surface area contributed by atoms with Crippen LogP contribution in [0, 0.1) is 6.92 Å². The van der Waals surface area contributed by atoms with E-state index in [0.29, 0.717) is 23.4 Å². The molecule has 0 unspecified atom stereocenters. The van der Waals surface area contributed by atoms with E-state index in [4.69, 9.17) is 0 Å². The average molecular weight is 294 g/mol. The van der Waals surface area contributed by atoms with Gasteiger partial charge in [0.2, 0.25) is 0 Å². The third kappa shape index (κ3) is 1.84. The molecular formula is C16H14N4O2. The van der Waals surface area contributed by atoms with Gasteiger partial charge in [-0.1, -0.05) is 12.1 Å². The van der Waals surface area contributed by atoms with Crippen LogP contribution >= 0.6 is 0 Å². The molecule has 3 heterocycles. The molecule has 1 aliphatic heterocycles. The summed E-state index contributed by atoms with van der Waals surface area (Å²) in [6.45, 7) is 2.71. The van der Waals surface area contributed by atoms with Gasteiger partial charge in [0.25, 0.3) is 5.91 Å². The molecule has 0 atom stereocenters. The molecule has 1 amide bonds. The van der Waals surface area contributed by atoms with E-state index in [-0.39, 0.29) is 11.6 Å². The number of fused-ring (bicyclic) bond motifs is 2. The van der Waals surface area contributed by atoms with Gasteiger partial charge in [0.05, 0.1) is 5.52 Å². The van der Waals surface area contributed by atoms with Crippen molar-refractivity contribution in [2.45, 2.75) is 13.3 Å². The summed E-state index contributed by atoms with van der Waals surface area (Å²) in [5, 5.41) is 0. The zero-order chi connectivity index (χ0) is 15.3. The molecule has 4 rings (SSSR count). The Morgan fingerprint density at radius 3 is 2.95 bits per heavy atom. The lowest BCUT2D eigenvalue weighted by molar-refractivity contribution is 0.0985. The van der Waals surface area contributed by atoms with Gasteiger partial charge >= 0.3 is 5.69 Å². The van der Waals surface area contributed by atoms with E-state index >= 15 is 0 Å². The number of rotatable bonds is 1. The van der Waals surface area contributed by atoms with Gasteiger partial charge in [-0.05, 0) is 42.7 Å². The maximum atomic E-state index is 12.7. The molecule has 1 aromatic carbocycles. The molecule has 1 aliphatic rings. The summed E-state index contributed by atoms with van der Waals surface area (Å²) in [4.78, 5) is 35.2. The number of hydrogen-bond donors (Lipinski definition) is 2. The predicted octanol–water partition coefficient (Wildman–Crippen LogP) is 1.76. The summed E-state index contributed by atoms with van der Waals surface area (Å²) in [7, 11) is 0. The number of anilines is 1. The topological polar surface area (TPSA) is 81.9 Å². The van der Waals surface area contributed by atoms with Crippen LogP contribution in [0.15, 0.2) is 35.1 Å². The molecule has 110 valence electrons. The number of carbonyl (C=O) groups excluding carboxylic acids is 1. The molecule has 0 fully saturated rings. The minimum atomic E-state index is -0.325. The molecule has 0 saturated carbocycles. The number of hydrogen-bond acceptors (Lipinski definition) is 3. The van der Waals surface area contributed by atoms with E-state index in [1.807, 2.05) is 12.1 Å². The van der Waals surface area contributed by atoms with Crippen LogP contribution in [0.2, 0.25) is 0 Å². The van der Waals surface area contributed by atoms with Crippen molar-refractivity contribution >= 4 is 22.8 Å². The smallest absolute Gasteiger partial charge is 0.306 e. The summed E-state index contributed by atoms with van der Waals surface area (Å²) >= 11 is 0. The first-order valence-corrected chi connectivity index (χ1v) is 7.13. The first-order valence-electron chi connectivity index (χ1n) is 7.13. The lowest BCUT2D eigenvalue weighted by Gasteiger charge is -2.17. The third-order valence-corrected chi connectivity index (χ3v) is 4.10. The zero-order valence-corrected chi connectivity index (χ0v) is 12.0. The standard InChI is InChI=1S/C16H14N4O2/c1-9-3-2-4-13-10(9)7-8-20(13)15(21)12-6-5-11-14(17-12)19-16(22)18-11/h2-6H,7-8H2,1H3,(H2,17,18,19,22). The van der Waals surface area contributed by atoms with Crippen molar-refractivity contribution in [2.24, 2.45) is 0 Å². The van der Waals surface area contributed by atoms with Crippen LogP contribution < -0.4 is 10.6 Å². The fourth-order valence-corrected chi connectivity index (χ4v) is 2.99. The van der Waals surface area contributed by atoms with Crippen molar-refractivity contribution in [3.8, 4) is 0 Å². The van der Waals surface area contributed by atoms with Gasteiger partial charge in [0.1, 0.15) is 5.69 Å². The Bertz CT molecular complexity index is 954. The maximum absolute atomic E-state index is 12.7. The number of aromatic amines is 2. The number of H-pyrrole nitrogens is 2. The van der Waals surface area contributed by atoms with Gasteiger partial charge in [-0.3, -0.25) is 9.78 Å². The number of pyridine rings is 1. The van der Waals surface area contributed by atoms with Gasteiger partial charge in [-0.2, -0.15) is 0 Å². The van der Waals surface area contributed by atoms with E-state index in [2.05, 4.69) is 27.9 Å². The fourth-order valence-electron chi connectivity index (χ4n) is 2.99. The Hall–Kier alpha value is -2.89. The summed E-state index contributed by atoms with van der Waals surface area (Å²) in [5.41, 5.74) is 4.37. The second kappa shape index (κ2) is 4.56. The Morgan fingerprint density at radius 2 is 2.09 bits per heavy atom. The molecule has 0 aliphatic carbocycles. The highest BCUT2D eigenvalue weighted by atomic mass is 16.2. The van der Waals surface area contributed by atoms with Crippen molar-refractivity contribution in [3.05, 3.63) is 57.6 Å². The fraction of sp³-hybridized carbons (Fsp3) is 0.188. The molecule has 0 spiro atoms. The minimum Gasteiger partial charge on any atom is -0.306 e. The average Bonchev–Trinajstić information content (AvgIpc) is 3.08. The molecule has 6 heteroatoms. The number of nitrogens with one attached hydrogen (secondary N) is 2. The molecule has 3 aromatic rings. The summed E-state index contributed by atoms with van der Waals surface area (Å²) < 4.78 is 0. The van der Waals surface area contributed by atoms with Crippen LogP contribution in [0.4, 0.5) is 5.69 Å². The number of nitrogens with zero attached hydrogens (tertiary/aromatic N) is 2. The van der Waals surface area contributed by atoms with Crippen molar-refractivity contribution in [2.75, 3.05) is 11.4 Å². The Balaban J connectivity index is 1.76. The van der Waals surface area contributed by atoms with Crippen LogP contribution in [0.25, 0.3) is 11.2 Å². The summed E-state index contributed by atoms with van der Waals surface area (Å²) in [6.07, 6.45) is 0.858. The molecule has 0 bridgehead atoms. The van der Waals surface area contributed by atoms with E-state index in [1.165, 1.54) is 11.1 Å². The second-order valence-electron chi connectivity index (χ2n) is 5.45. The highest BCUT2D eigenvalue weighted by Crippen LogP contribution is 2.31. The first-order chi connectivity index (χ1) is 10.6. The summed E-state index contributed by atoms with van der Waals surface area (Å²) in [6, 6.07) is 9.31. The molecule has 6 nitrogen and oxygen atoms in total. The number of imidazole rings is 1. The van der Waals surface area contributed by atoms with Gasteiger partial charge in [0.15, 0.2) is 5.65 Å². The molecule has 2 N–H and O–H groups in total. The van der Waals surface area contributed by atoms with Crippen molar-refractivity contribution in [3.63, 3.8) is 0 Å². The van der Waals surface area contributed by atoms with Crippen molar-refractivity contribution in [1.29, 1.82) is 0 Å². The van der Waals surface area contributed by atoms with Gasteiger partial charge in [0, 0.05) is 12.2 Å². The third-order valence-electron chi connectivity index (χ3n) is 4.10. The number of aryl methyl sites for hydroxylation is 1. The monoisotopic (exact) mass is 294 g/mol. The van der Waals surface area contributed by atoms with Crippen LogP contribution in [0.5, 0.6) is 0 Å². The van der Waals surface area contributed by atoms with Crippen LogP contribution in [0.1, 0.15) is 21.6 Å². The Labute approximate surface area is 125 Å². The van der Waals surface area contributed by atoms with Crippen molar-refractivity contribution in [1.82, 2.24) is 15.0 Å². The minimum absolute atomic E-state index is 0.145. The number of amides is 1. The number of benzene rings is 1. The SMILES string of the molecule is Cc1cccc2c1CCN2C(=O)c1ccc2[nH]c(=O)[nH]c2n1. The maximum Gasteiger partial charge on any atom is 0.325 e. The molecule has 0 saturated heterocycles. The highest BCUT2D eigenvalue weighted by molar-refractivity contribution is 6.06. The summed E-state index contributed by atoms with van der Waals surface area (Å²) in [5.74, 6) is -0.145. The van der Waals surface area contributed by atoms with Gasteiger partial charge < -0.3 is 9.88 Å². The van der Waals surface area contributed by atoms with Crippen LogP contribution in [-0.4, -0.2) is 27.4 Å². The predicted molar refractivity (Wildman–Crippen MR) is 83.3 cm³/mol. The zero-order valence-electron chi connectivity index (χ0n) is 12.0. The van der Waals surface area contributed by atoms with E-state index in [1.54, 1.807) is 17.0 Å². The van der Waals surface area contributed by atoms with Crippen molar-refractivity contribution < 1.29 is 4.79 Å². The van der Waals surface area contributed by atoms with E-state index in [9.17, 15) is 9.59 Å². The molecule has 0 radical (unpaired) electrons. The van der Waals surface area contributed by atoms with Gasteiger partial charge in [-0.25, -0.2) is 9.78 Å². The Kier molecular flexibility index (Phi) is 2.66. The highest BCUT2D eigenvalue weighted by Gasteiger charge is 2.27. The lowest BCUT2D eigenvalue weighted by Crippen LogP contribution is -2.29. The first kappa shape index (κ1) is 12.8.